The minimum Gasteiger partial charge on any atom is -0.378 e. The Morgan fingerprint density at radius 1 is 1.14 bits per heavy atom. The Balaban J connectivity index is 1.38. The lowest BCUT2D eigenvalue weighted by molar-refractivity contribution is -0.121. The number of carbonyl (C=O) groups is 1. The summed E-state index contributed by atoms with van der Waals surface area (Å²) >= 11 is 0. The van der Waals surface area contributed by atoms with Crippen LogP contribution in [0.15, 0.2) is 53.6 Å². The Hall–Kier alpha value is -3.26. The van der Waals surface area contributed by atoms with Gasteiger partial charge in [-0.25, -0.2) is 4.98 Å². The van der Waals surface area contributed by atoms with Crippen LogP contribution in [-0.4, -0.2) is 47.0 Å². The number of carbonyl (C=O) groups excluding carboxylic acids is 1. The van der Waals surface area contributed by atoms with Crippen LogP contribution in [0.1, 0.15) is 12.0 Å². The molecule has 1 saturated heterocycles. The summed E-state index contributed by atoms with van der Waals surface area (Å²) in [5.74, 6) is 0.815. The number of amides is 1. The molecule has 1 aliphatic heterocycles. The van der Waals surface area contributed by atoms with E-state index in [1.165, 1.54) is 6.20 Å². The van der Waals surface area contributed by atoms with Crippen LogP contribution in [0.5, 0.6) is 0 Å². The monoisotopic (exact) mass is 393 g/mol. The first kappa shape index (κ1) is 19.1. The van der Waals surface area contributed by atoms with Gasteiger partial charge in [-0.1, -0.05) is 18.2 Å². The zero-order valence-corrected chi connectivity index (χ0v) is 16.1. The van der Waals surface area contributed by atoms with E-state index < -0.39 is 0 Å². The van der Waals surface area contributed by atoms with Crippen LogP contribution in [0.25, 0.3) is 10.9 Å². The minimum atomic E-state index is -0.117. The third kappa shape index (κ3) is 4.43. The normalized spacial score (nSPS) is 14.1. The number of benzene rings is 1. The second-order valence-electron chi connectivity index (χ2n) is 6.86. The second-order valence-corrected chi connectivity index (χ2v) is 6.86. The van der Waals surface area contributed by atoms with E-state index >= 15 is 0 Å². The predicted molar refractivity (Wildman–Crippen MR) is 110 cm³/mol. The van der Waals surface area contributed by atoms with Crippen molar-refractivity contribution in [1.82, 2.24) is 20.1 Å². The Kier molecular flexibility index (Phi) is 5.81. The van der Waals surface area contributed by atoms with Gasteiger partial charge in [-0.15, -0.1) is 0 Å². The molecule has 0 spiro atoms. The van der Waals surface area contributed by atoms with E-state index in [4.69, 9.17) is 4.74 Å². The summed E-state index contributed by atoms with van der Waals surface area (Å²) in [4.78, 5) is 31.0. The van der Waals surface area contributed by atoms with E-state index in [1.807, 2.05) is 30.3 Å². The fourth-order valence-corrected chi connectivity index (χ4v) is 3.46. The quantitative estimate of drug-likeness (QED) is 0.680. The maximum absolute atomic E-state index is 12.4. The van der Waals surface area contributed by atoms with E-state index in [1.54, 1.807) is 16.9 Å². The van der Waals surface area contributed by atoms with Crippen LogP contribution in [-0.2, 0) is 22.6 Å². The van der Waals surface area contributed by atoms with E-state index in [9.17, 15) is 9.59 Å². The molecule has 2 aromatic heterocycles. The molecule has 4 rings (SSSR count). The Morgan fingerprint density at radius 3 is 2.83 bits per heavy atom. The number of hydrogen-bond acceptors (Lipinski definition) is 6. The zero-order chi connectivity index (χ0) is 20.1. The van der Waals surface area contributed by atoms with Crippen molar-refractivity contribution in [3.63, 3.8) is 0 Å². The molecule has 0 saturated carbocycles. The highest BCUT2D eigenvalue weighted by molar-refractivity contribution is 5.79. The predicted octanol–water partition coefficient (Wildman–Crippen LogP) is 1.33. The highest BCUT2D eigenvalue weighted by Gasteiger charge is 2.16. The lowest BCUT2D eigenvalue weighted by atomic mass is 10.2. The molecule has 0 atom stereocenters. The highest BCUT2D eigenvalue weighted by atomic mass is 16.5. The Bertz CT molecular complexity index is 1060. The molecule has 8 heteroatoms. The molecule has 0 radical (unpaired) electrons. The number of fused-ring (bicyclic) bond motifs is 1. The molecule has 0 bridgehead atoms. The highest BCUT2D eigenvalue weighted by Crippen LogP contribution is 2.18. The zero-order valence-electron chi connectivity index (χ0n) is 16.1. The van der Waals surface area contributed by atoms with Crippen molar-refractivity contribution in [2.24, 2.45) is 0 Å². The van der Waals surface area contributed by atoms with E-state index in [2.05, 4.69) is 20.3 Å². The average molecular weight is 393 g/mol. The fourth-order valence-electron chi connectivity index (χ4n) is 3.46. The van der Waals surface area contributed by atoms with Crippen LogP contribution in [0.4, 0.5) is 5.82 Å². The molecule has 1 aromatic carbocycles. The van der Waals surface area contributed by atoms with Gasteiger partial charge in [0, 0.05) is 43.2 Å². The number of hydrogen-bond donors (Lipinski definition) is 1. The molecule has 150 valence electrons. The number of para-hydroxylation sites is 1. The van der Waals surface area contributed by atoms with Gasteiger partial charge in [0.05, 0.1) is 31.5 Å². The first-order valence-electron chi connectivity index (χ1n) is 9.70. The molecule has 8 nitrogen and oxygen atoms in total. The van der Waals surface area contributed by atoms with Crippen molar-refractivity contribution in [2.75, 3.05) is 31.2 Å². The number of rotatable bonds is 6. The average Bonchev–Trinajstić information content (AvgIpc) is 2.78. The van der Waals surface area contributed by atoms with Gasteiger partial charge in [-0.3, -0.25) is 14.3 Å². The van der Waals surface area contributed by atoms with Gasteiger partial charge >= 0.3 is 0 Å². The maximum Gasteiger partial charge on any atom is 0.222 e. The molecule has 1 fully saturated rings. The number of aryl methyl sites for hydroxylation is 1. The Morgan fingerprint density at radius 2 is 1.97 bits per heavy atom. The molecule has 3 aromatic rings. The van der Waals surface area contributed by atoms with Crippen molar-refractivity contribution in [1.29, 1.82) is 0 Å². The van der Waals surface area contributed by atoms with Crippen molar-refractivity contribution in [2.45, 2.75) is 19.5 Å². The molecule has 0 aliphatic carbocycles. The van der Waals surface area contributed by atoms with Crippen LogP contribution in [0.2, 0.25) is 0 Å². The van der Waals surface area contributed by atoms with Gasteiger partial charge in [0.25, 0.3) is 0 Å². The van der Waals surface area contributed by atoms with Gasteiger partial charge in [0.2, 0.25) is 11.3 Å². The van der Waals surface area contributed by atoms with Crippen LogP contribution in [0.3, 0.4) is 0 Å². The van der Waals surface area contributed by atoms with Gasteiger partial charge in [0.15, 0.2) is 0 Å². The Labute approximate surface area is 168 Å². The number of nitrogens with one attached hydrogen (secondary N) is 1. The van der Waals surface area contributed by atoms with Crippen molar-refractivity contribution < 1.29 is 9.53 Å². The first-order chi connectivity index (χ1) is 14.2. The van der Waals surface area contributed by atoms with Gasteiger partial charge < -0.3 is 15.0 Å². The lowest BCUT2D eigenvalue weighted by Gasteiger charge is -2.29. The van der Waals surface area contributed by atoms with Crippen LogP contribution in [0, 0.1) is 0 Å². The molecule has 0 unspecified atom stereocenters. The number of morpholine rings is 1. The topological polar surface area (TPSA) is 89.3 Å². The maximum atomic E-state index is 12.4. The van der Waals surface area contributed by atoms with E-state index in [-0.39, 0.29) is 17.8 Å². The van der Waals surface area contributed by atoms with Gasteiger partial charge in [0.1, 0.15) is 5.82 Å². The van der Waals surface area contributed by atoms with Crippen molar-refractivity contribution in [3.8, 4) is 0 Å². The molecule has 1 N–H and O–H groups in total. The smallest absolute Gasteiger partial charge is 0.222 e. The third-order valence-corrected chi connectivity index (χ3v) is 4.97. The van der Waals surface area contributed by atoms with E-state index in [0.717, 1.165) is 30.0 Å². The largest absolute Gasteiger partial charge is 0.378 e. The molecule has 1 amide bonds. The number of nitrogens with zero attached hydrogens (tertiary/aromatic N) is 4. The third-order valence-electron chi connectivity index (χ3n) is 4.97. The molecular weight excluding hydrogens is 370 g/mol. The van der Waals surface area contributed by atoms with E-state index in [0.29, 0.717) is 31.7 Å². The lowest BCUT2D eigenvalue weighted by Crippen LogP contribution is -2.37. The molecule has 29 heavy (non-hydrogen) atoms. The summed E-state index contributed by atoms with van der Waals surface area (Å²) in [6.07, 6.45) is 3.33. The van der Waals surface area contributed by atoms with Gasteiger partial charge in [-0.05, 0) is 18.2 Å². The van der Waals surface area contributed by atoms with Crippen LogP contribution < -0.4 is 15.6 Å². The standard InChI is InChI=1S/C21H23N5O3/c27-19-15-24-26(18-6-2-1-5-17(18)19)9-7-20(28)23-14-16-4-3-8-22-21(16)25-10-12-29-13-11-25/h1-6,8,15H,7,9-14H2,(H,23,28). The van der Waals surface area contributed by atoms with Crippen LogP contribution >= 0.6 is 0 Å². The summed E-state index contributed by atoms with van der Waals surface area (Å²) in [5.41, 5.74) is 1.60. The second kappa shape index (κ2) is 8.83. The summed E-state index contributed by atoms with van der Waals surface area (Å²) < 4.78 is 7.10. The molecule has 1 aliphatic rings. The van der Waals surface area contributed by atoms with Crippen molar-refractivity contribution in [3.05, 3.63) is 64.6 Å². The number of aromatic nitrogens is 3. The number of anilines is 1. The van der Waals surface area contributed by atoms with Gasteiger partial charge in [-0.2, -0.15) is 5.10 Å². The first-order valence-corrected chi connectivity index (χ1v) is 9.70. The summed E-state index contributed by atoms with van der Waals surface area (Å²) in [6, 6.07) is 11.1. The van der Waals surface area contributed by atoms with Crippen molar-refractivity contribution >= 4 is 22.6 Å². The summed E-state index contributed by atoms with van der Waals surface area (Å²) in [7, 11) is 0. The summed E-state index contributed by atoms with van der Waals surface area (Å²) in [6.45, 7) is 3.77. The number of pyridine rings is 1. The summed E-state index contributed by atoms with van der Waals surface area (Å²) in [5, 5.41) is 7.74. The molecule has 3 heterocycles. The SMILES string of the molecule is O=C(CCn1ncc(=O)c2ccccc21)NCc1cccnc1N1CCOCC1. The molecular formula is C21H23N5O3. The number of ether oxygens (including phenoxy) is 1. The fraction of sp³-hybridized carbons (Fsp3) is 0.333. The minimum absolute atomic E-state index is 0.0774.